The Labute approximate surface area is 121 Å². The van der Waals surface area contributed by atoms with Crippen molar-refractivity contribution in [3.63, 3.8) is 0 Å². The predicted octanol–water partition coefficient (Wildman–Crippen LogP) is 3.29. The van der Waals surface area contributed by atoms with Crippen molar-refractivity contribution in [3.8, 4) is 0 Å². The number of ether oxygens (including phenoxy) is 3. The van der Waals surface area contributed by atoms with E-state index in [1.54, 1.807) is 0 Å². The van der Waals surface area contributed by atoms with Gasteiger partial charge >= 0.3 is 7.82 Å². The van der Waals surface area contributed by atoms with Gasteiger partial charge in [0.05, 0.1) is 0 Å². The summed E-state index contributed by atoms with van der Waals surface area (Å²) in [6.07, 6.45) is -0.568. The van der Waals surface area contributed by atoms with Gasteiger partial charge in [-0.3, -0.25) is 13.6 Å². The molecule has 0 amide bonds. The fraction of sp³-hybridized carbons (Fsp3) is 1.00. The van der Waals surface area contributed by atoms with Crippen LogP contribution in [0.15, 0.2) is 0 Å². The van der Waals surface area contributed by atoms with E-state index in [4.69, 9.17) is 27.8 Å². The van der Waals surface area contributed by atoms with Gasteiger partial charge in [-0.15, -0.1) is 0 Å². The molecule has 3 atom stereocenters. The molecule has 0 aromatic rings. The molecule has 0 aliphatic carbocycles. The van der Waals surface area contributed by atoms with Crippen LogP contribution in [-0.4, -0.2) is 40.2 Å². The fourth-order valence-electron chi connectivity index (χ4n) is 1.36. The lowest BCUT2D eigenvalue weighted by atomic mass is 10.5. The van der Waals surface area contributed by atoms with Crippen LogP contribution in [0.5, 0.6) is 0 Å². The fourth-order valence-corrected chi connectivity index (χ4v) is 3.08. The SMILES string of the molecule is CCC(OC)OP(=O)(OC(CC)OC)OC(CC)OC. The first-order chi connectivity index (χ1) is 9.48. The highest BCUT2D eigenvalue weighted by Gasteiger charge is 2.36. The van der Waals surface area contributed by atoms with Gasteiger partial charge in [0.2, 0.25) is 0 Å². The maximum Gasteiger partial charge on any atom is 0.481 e. The summed E-state index contributed by atoms with van der Waals surface area (Å²) in [7, 11) is 0.512. The Kier molecular flexibility index (Phi) is 10.7. The van der Waals surface area contributed by atoms with Crippen LogP contribution in [0, 0.1) is 0 Å². The monoisotopic (exact) mass is 314 g/mol. The van der Waals surface area contributed by atoms with Gasteiger partial charge in [-0.2, -0.15) is 0 Å². The Morgan fingerprint density at radius 1 is 0.700 bits per heavy atom. The van der Waals surface area contributed by atoms with Crippen molar-refractivity contribution in [3.05, 3.63) is 0 Å². The molecule has 20 heavy (non-hydrogen) atoms. The molecule has 0 aliphatic rings. The van der Waals surface area contributed by atoms with Crippen molar-refractivity contribution in [2.45, 2.75) is 58.9 Å². The van der Waals surface area contributed by atoms with Crippen LogP contribution in [0.2, 0.25) is 0 Å². The molecule has 0 spiro atoms. The van der Waals surface area contributed by atoms with E-state index in [9.17, 15) is 4.57 Å². The second-order valence-corrected chi connectivity index (χ2v) is 5.51. The molecule has 8 heteroatoms. The Morgan fingerprint density at radius 3 is 1.10 bits per heavy atom. The molecule has 0 aromatic heterocycles. The third-order valence-electron chi connectivity index (χ3n) is 2.53. The van der Waals surface area contributed by atoms with E-state index >= 15 is 0 Å². The summed E-state index contributed by atoms with van der Waals surface area (Å²) in [5.41, 5.74) is 0. The van der Waals surface area contributed by atoms with Crippen LogP contribution < -0.4 is 0 Å². The second kappa shape index (κ2) is 10.7. The standard InChI is InChI=1S/C12H27O7P/c1-7-10(14-4)17-20(13,18-11(8-2)15-5)19-12(9-3)16-6/h10-12H,7-9H2,1-6H3. The number of hydrogen-bond donors (Lipinski definition) is 0. The van der Waals surface area contributed by atoms with Crippen LogP contribution in [0.1, 0.15) is 40.0 Å². The normalized spacial score (nSPS) is 19.3. The van der Waals surface area contributed by atoms with Crippen molar-refractivity contribution in [2.24, 2.45) is 0 Å². The Balaban J connectivity index is 4.95. The molecule has 0 saturated heterocycles. The summed E-state index contributed by atoms with van der Waals surface area (Å²) in [5.74, 6) is 0. The van der Waals surface area contributed by atoms with E-state index < -0.39 is 26.7 Å². The Bertz CT molecular complexity index is 232. The van der Waals surface area contributed by atoms with Crippen molar-refractivity contribution >= 4 is 7.82 Å². The zero-order chi connectivity index (χ0) is 15.6. The summed E-state index contributed by atoms with van der Waals surface area (Å²) in [5, 5.41) is 0. The van der Waals surface area contributed by atoms with Crippen molar-refractivity contribution in [2.75, 3.05) is 21.3 Å². The molecule has 0 radical (unpaired) electrons. The summed E-state index contributed by atoms with van der Waals surface area (Å²) >= 11 is 0. The van der Waals surface area contributed by atoms with E-state index in [2.05, 4.69) is 0 Å². The molecule has 7 nitrogen and oxygen atoms in total. The molecule has 0 heterocycles. The quantitative estimate of drug-likeness (QED) is 0.404. The molecular weight excluding hydrogens is 287 g/mol. The van der Waals surface area contributed by atoms with Gasteiger partial charge in [0, 0.05) is 21.3 Å². The maximum atomic E-state index is 12.7. The van der Waals surface area contributed by atoms with E-state index in [0.717, 1.165) is 0 Å². The number of methoxy groups -OCH3 is 3. The highest BCUT2D eigenvalue weighted by Crippen LogP contribution is 2.53. The predicted molar refractivity (Wildman–Crippen MR) is 74.1 cm³/mol. The molecule has 3 unspecified atom stereocenters. The van der Waals surface area contributed by atoms with Gasteiger partial charge < -0.3 is 14.2 Å². The minimum atomic E-state index is -3.86. The Morgan fingerprint density at radius 2 is 0.950 bits per heavy atom. The van der Waals surface area contributed by atoms with Gasteiger partial charge in [0.25, 0.3) is 0 Å². The summed E-state index contributed by atoms with van der Waals surface area (Å²) in [6.45, 7) is 5.50. The lowest BCUT2D eigenvalue weighted by Crippen LogP contribution is -2.22. The molecule has 0 N–H and O–H groups in total. The van der Waals surface area contributed by atoms with Crippen molar-refractivity contribution < 1.29 is 32.3 Å². The van der Waals surface area contributed by atoms with Crippen LogP contribution in [-0.2, 0) is 32.3 Å². The zero-order valence-corrected chi connectivity index (χ0v) is 14.1. The van der Waals surface area contributed by atoms with E-state index in [1.807, 2.05) is 20.8 Å². The summed E-state index contributed by atoms with van der Waals surface area (Å²) < 4.78 is 43.9. The largest absolute Gasteiger partial charge is 0.481 e. The second-order valence-electron chi connectivity index (χ2n) is 3.98. The molecule has 0 saturated carbocycles. The molecule has 122 valence electrons. The van der Waals surface area contributed by atoms with Crippen molar-refractivity contribution in [1.29, 1.82) is 0 Å². The number of phosphoric acid groups is 1. The zero-order valence-electron chi connectivity index (χ0n) is 13.2. The first-order valence-corrected chi connectivity index (χ1v) is 8.18. The average Bonchev–Trinajstić information content (AvgIpc) is 2.48. The number of rotatable bonds is 12. The van der Waals surface area contributed by atoms with E-state index in [-0.39, 0.29) is 0 Å². The molecule has 0 aromatic carbocycles. The molecular formula is C12H27O7P. The minimum Gasteiger partial charge on any atom is -0.355 e. The molecule has 0 aliphatic heterocycles. The van der Waals surface area contributed by atoms with Crippen LogP contribution in [0.3, 0.4) is 0 Å². The van der Waals surface area contributed by atoms with Crippen LogP contribution >= 0.6 is 7.82 Å². The van der Waals surface area contributed by atoms with Crippen molar-refractivity contribution in [1.82, 2.24) is 0 Å². The van der Waals surface area contributed by atoms with Crippen LogP contribution in [0.25, 0.3) is 0 Å². The lowest BCUT2D eigenvalue weighted by Gasteiger charge is -2.27. The first kappa shape index (κ1) is 20.0. The highest BCUT2D eigenvalue weighted by molar-refractivity contribution is 7.48. The van der Waals surface area contributed by atoms with E-state index in [1.165, 1.54) is 21.3 Å². The Hall–Kier alpha value is -0.0100. The van der Waals surface area contributed by atoms with Gasteiger partial charge in [-0.1, -0.05) is 20.8 Å². The van der Waals surface area contributed by atoms with Crippen LogP contribution in [0.4, 0.5) is 0 Å². The topological polar surface area (TPSA) is 72.5 Å². The maximum absolute atomic E-state index is 12.7. The third kappa shape index (κ3) is 7.13. The minimum absolute atomic E-state index is 0.501. The average molecular weight is 314 g/mol. The molecule has 0 rings (SSSR count). The number of phosphoric ester groups is 1. The summed E-state index contributed by atoms with van der Waals surface area (Å²) in [4.78, 5) is 0. The lowest BCUT2D eigenvalue weighted by molar-refractivity contribution is -0.143. The molecule has 0 fully saturated rings. The third-order valence-corrected chi connectivity index (χ3v) is 4.01. The van der Waals surface area contributed by atoms with Gasteiger partial charge in [-0.05, 0) is 19.3 Å². The van der Waals surface area contributed by atoms with Gasteiger partial charge in [-0.25, -0.2) is 4.57 Å². The van der Waals surface area contributed by atoms with E-state index in [0.29, 0.717) is 19.3 Å². The smallest absolute Gasteiger partial charge is 0.355 e. The van der Waals surface area contributed by atoms with Gasteiger partial charge in [0.1, 0.15) is 0 Å². The highest BCUT2D eigenvalue weighted by atomic mass is 31.2. The van der Waals surface area contributed by atoms with Gasteiger partial charge in [0.15, 0.2) is 18.9 Å². The number of hydrogen-bond acceptors (Lipinski definition) is 7. The first-order valence-electron chi connectivity index (χ1n) is 6.72. The summed E-state index contributed by atoms with van der Waals surface area (Å²) in [6, 6.07) is 0. The molecule has 0 bridgehead atoms.